The van der Waals surface area contributed by atoms with Gasteiger partial charge in [0.05, 0.1) is 18.2 Å². The van der Waals surface area contributed by atoms with Crippen LogP contribution in [0.1, 0.15) is 23.0 Å². The Hall–Kier alpha value is -1.75. The summed E-state index contributed by atoms with van der Waals surface area (Å²) >= 11 is 1.45. The molecule has 0 aliphatic carbocycles. The molecule has 1 saturated heterocycles. The molecule has 1 aliphatic heterocycles. The molecule has 1 fully saturated rings. The van der Waals surface area contributed by atoms with Crippen LogP contribution < -0.4 is 10.5 Å². The molecule has 0 bridgehead atoms. The molecule has 1 aromatic carbocycles. The van der Waals surface area contributed by atoms with E-state index in [0.717, 1.165) is 35.3 Å². The van der Waals surface area contributed by atoms with Gasteiger partial charge in [0, 0.05) is 17.8 Å². The Balaban J connectivity index is 2.04. The number of likely N-dealkylation sites (tertiary alicyclic amines) is 1. The van der Waals surface area contributed by atoms with Crippen molar-refractivity contribution in [1.82, 2.24) is 4.90 Å². The maximum atomic E-state index is 12.6. The Kier molecular flexibility index (Phi) is 3.30. The monoisotopic (exact) mass is 290 g/mol. The van der Waals surface area contributed by atoms with Crippen molar-refractivity contribution in [1.29, 1.82) is 0 Å². The molecule has 1 aromatic heterocycles. The second-order valence-corrected chi connectivity index (χ2v) is 6.38. The van der Waals surface area contributed by atoms with Gasteiger partial charge in [0.15, 0.2) is 0 Å². The highest BCUT2D eigenvalue weighted by atomic mass is 32.1. The molecule has 5 heteroatoms. The summed E-state index contributed by atoms with van der Waals surface area (Å²) in [6, 6.07) is 5.77. The van der Waals surface area contributed by atoms with E-state index in [1.54, 1.807) is 7.11 Å². The summed E-state index contributed by atoms with van der Waals surface area (Å²) in [7, 11) is 1.62. The number of carbonyl (C=O) groups is 1. The molecule has 2 heterocycles. The standard InChI is InChI=1S/C15H18N2O2S/c1-9-6-7-17(8-9)15(18)14-13(16)12-10(19-2)4-3-5-11(12)20-14/h3-5,9H,6-8,16H2,1-2H3. The second kappa shape index (κ2) is 4.98. The zero-order chi connectivity index (χ0) is 14.3. The fraction of sp³-hybridized carbons (Fsp3) is 0.400. The van der Waals surface area contributed by atoms with Crippen LogP contribution in [0.4, 0.5) is 5.69 Å². The molecule has 20 heavy (non-hydrogen) atoms. The van der Waals surface area contributed by atoms with Gasteiger partial charge in [0.2, 0.25) is 0 Å². The number of anilines is 1. The van der Waals surface area contributed by atoms with Crippen molar-refractivity contribution >= 4 is 33.0 Å². The molecule has 2 aromatic rings. The highest BCUT2D eigenvalue weighted by molar-refractivity contribution is 7.21. The van der Waals surface area contributed by atoms with Crippen molar-refractivity contribution in [3.63, 3.8) is 0 Å². The lowest BCUT2D eigenvalue weighted by Gasteiger charge is -2.15. The number of ether oxygens (including phenoxy) is 1. The molecule has 0 saturated carbocycles. The Morgan fingerprint density at radius 1 is 1.50 bits per heavy atom. The minimum Gasteiger partial charge on any atom is -0.496 e. The van der Waals surface area contributed by atoms with Crippen LogP contribution in [0.2, 0.25) is 0 Å². The summed E-state index contributed by atoms with van der Waals surface area (Å²) in [4.78, 5) is 15.1. The summed E-state index contributed by atoms with van der Waals surface area (Å²) < 4.78 is 6.34. The summed E-state index contributed by atoms with van der Waals surface area (Å²) in [5, 5.41) is 0.857. The molecule has 2 N–H and O–H groups in total. The molecular weight excluding hydrogens is 272 g/mol. The molecular formula is C15H18N2O2S. The number of nitrogens with two attached hydrogens (primary N) is 1. The van der Waals surface area contributed by atoms with E-state index in [4.69, 9.17) is 10.5 Å². The number of hydrogen-bond donors (Lipinski definition) is 1. The van der Waals surface area contributed by atoms with E-state index in [9.17, 15) is 4.79 Å². The number of nitrogens with zero attached hydrogens (tertiary/aromatic N) is 1. The van der Waals surface area contributed by atoms with Crippen LogP contribution in [0.5, 0.6) is 5.75 Å². The van der Waals surface area contributed by atoms with Crippen molar-refractivity contribution in [2.75, 3.05) is 25.9 Å². The number of thiophene rings is 1. The Labute approximate surface area is 122 Å². The van der Waals surface area contributed by atoms with Crippen LogP contribution in [0.3, 0.4) is 0 Å². The Morgan fingerprint density at radius 3 is 2.95 bits per heavy atom. The highest BCUT2D eigenvalue weighted by Crippen LogP contribution is 2.40. The average Bonchev–Trinajstić information content (AvgIpc) is 3.02. The number of hydrogen-bond acceptors (Lipinski definition) is 4. The average molecular weight is 290 g/mol. The van der Waals surface area contributed by atoms with E-state index in [1.807, 2.05) is 23.1 Å². The topological polar surface area (TPSA) is 55.6 Å². The molecule has 106 valence electrons. The third-order valence-electron chi connectivity index (χ3n) is 3.84. The largest absolute Gasteiger partial charge is 0.496 e. The van der Waals surface area contributed by atoms with Gasteiger partial charge in [-0.25, -0.2) is 0 Å². The van der Waals surface area contributed by atoms with E-state index in [2.05, 4.69) is 6.92 Å². The first-order chi connectivity index (χ1) is 9.61. The van der Waals surface area contributed by atoms with Gasteiger partial charge in [-0.15, -0.1) is 11.3 Å². The lowest BCUT2D eigenvalue weighted by atomic mass is 10.2. The van der Waals surface area contributed by atoms with Crippen molar-refractivity contribution in [2.45, 2.75) is 13.3 Å². The quantitative estimate of drug-likeness (QED) is 0.925. The van der Waals surface area contributed by atoms with Gasteiger partial charge < -0.3 is 15.4 Å². The van der Waals surface area contributed by atoms with Gasteiger partial charge in [-0.05, 0) is 24.5 Å². The third-order valence-corrected chi connectivity index (χ3v) is 5.00. The van der Waals surface area contributed by atoms with Crippen molar-refractivity contribution < 1.29 is 9.53 Å². The summed E-state index contributed by atoms with van der Waals surface area (Å²) in [6.45, 7) is 3.82. The van der Waals surface area contributed by atoms with Crippen molar-refractivity contribution in [3.05, 3.63) is 23.1 Å². The minimum atomic E-state index is 0.0510. The fourth-order valence-corrected chi connectivity index (χ4v) is 3.84. The summed E-state index contributed by atoms with van der Waals surface area (Å²) in [5.41, 5.74) is 6.75. The molecule has 4 nitrogen and oxygen atoms in total. The zero-order valence-electron chi connectivity index (χ0n) is 11.7. The number of rotatable bonds is 2. The Bertz CT molecular complexity index is 665. The predicted molar refractivity (Wildman–Crippen MR) is 82.5 cm³/mol. The number of nitrogen functional groups attached to an aromatic ring is 1. The van der Waals surface area contributed by atoms with Crippen LogP contribution in [0.15, 0.2) is 18.2 Å². The number of amides is 1. The Morgan fingerprint density at radius 2 is 2.30 bits per heavy atom. The predicted octanol–water partition coefficient (Wildman–Crippen LogP) is 2.97. The number of fused-ring (bicyclic) bond motifs is 1. The van der Waals surface area contributed by atoms with Crippen LogP contribution in [-0.2, 0) is 0 Å². The summed E-state index contributed by atoms with van der Waals surface area (Å²) in [5.74, 6) is 1.35. The van der Waals surface area contributed by atoms with Crippen LogP contribution >= 0.6 is 11.3 Å². The minimum absolute atomic E-state index is 0.0510. The van der Waals surface area contributed by atoms with Gasteiger partial charge >= 0.3 is 0 Å². The lowest BCUT2D eigenvalue weighted by Crippen LogP contribution is -2.28. The summed E-state index contributed by atoms with van der Waals surface area (Å²) in [6.07, 6.45) is 1.07. The van der Waals surface area contributed by atoms with E-state index in [1.165, 1.54) is 11.3 Å². The van der Waals surface area contributed by atoms with Gasteiger partial charge in [-0.3, -0.25) is 4.79 Å². The smallest absolute Gasteiger partial charge is 0.266 e. The van der Waals surface area contributed by atoms with E-state index >= 15 is 0 Å². The number of carbonyl (C=O) groups excluding carboxylic acids is 1. The maximum absolute atomic E-state index is 12.6. The van der Waals surface area contributed by atoms with Gasteiger partial charge in [0.1, 0.15) is 10.6 Å². The van der Waals surface area contributed by atoms with Crippen molar-refractivity contribution in [3.8, 4) is 5.75 Å². The highest BCUT2D eigenvalue weighted by Gasteiger charge is 2.28. The van der Waals surface area contributed by atoms with Crippen LogP contribution in [-0.4, -0.2) is 31.0 Å². The molecule has 1 atom stereocenters. The van der Waals surface area contributed by atoms with Gasteiger partial charge in [-0.2, -0.15) is 0 Å². The lowest BCUT2D eigenvalue weighted by molar-refractivity contribution is 0.0794. The van der Waals surface area contributed by atoms with E-state index in [-0.39, 0.29) is 5.91 Å². The number of methoxy groups -OCH3 is 1. The van der Waals surface area contributed by atoms with Crippen LogP contribution in [0.25, 0.3) is 10.1 Å². The van der Waals surface area contributed by atoms with E-state index < -0.39 is 0 Å². The van der Waals surface area contributed by atoms with Crippen molar-refractivity contribution in [2.24, 2.45) is 5.92 Å². The molecule has 3 rings (SSSR count). The molecule has 0 radical (unpaired) electrons. The molecule has 1 unspecified atom stereocenters. The molecule has 0 spiro atoms. The first-order valence-corrected chi connectivity index (χ1v) is 7.57. The second-order valence-electron chi connectivity index (χ2n) is 5.32. The molecule has 1 aliphatic rings. The first kappa shape index (κ1) is 13.2. The first-order valence-electron chi connectivity index (χ1n) is 6.76. The third kappa shape index (κ3) is 2.02. The van der Waals surface area contributed by atoms with E-state index in [0.29, 0.717) is 16.5 Å². The normalized spacial score (nSPS) is 18.7. The van der Waals surface area contributed by atoms with Crippen LogP contribution in [0, 0.1) is 5.92 Å². The van der Waals surface area contributed by atoms with Gasteiger partial charge in [0.25, 0.3) is 5.91 Å². The van der Waals surface area contributed by atoms with Gasteiger partial charge in [-0.1, -0.05) is 13.0 Å². The zero-order valence-corrected chi connectivity index (χ0v) is 12.5. The SMILES string of the molecule is COc1cccc2sc(C(=O)N3CCC(C)C3)c(N)c12. The maximum Gasteiger partial charge on any atom is 0.266 e. The molecule has 1 amide bonds. The number of benzene rings is 1. The fourth-order valence-electron chi connectivity index (χ4n) is 2.73.